The fourth-order valence-corrected chi connectivity index (χ4v) is 1.30. The molecule has 0 radical (unpaired) electrons. The van der Waals surface area contributed by atoms with Gasteiger partial charge in [-0.25, -0.2) is 8.78 Å². The van der Waals surface area contributed by atoms with Crippen LogP contribution in [0.15, 0.2) is 36.5 Å². The molecule has 0 atom stereocenters. The predicted octanol–water partition coefficient (Wildman–Crippen LogP) is 2.61. The van der Waals surface area contributed by atoms with Gasteiger partial charge in [-0.1, -0.05) is 0 Å². The van der Waals surface area contributed by atoms with E-state index < -0.39 is 11.6 Å². The van der Waals surface area contributed by atoms with Crippen LogP contribution >= 0.6 is 0 Å². The highest BCUT2D eigenvalue weighted by atomic mass is 19.2. The van der Waals surface area contributed by atoms with Gasteiger partial charge in [-0.15, -0.1) is 0 Å². The van der Waals surface area contributed by atoms with Crippen LogP contribution in [0.25, 0.3) is 11.3 Å². The van der Waals surface area contributed by atoms with Gasteiger partial charge in [-0.05, 0) is 30.3 Å². The zero-order valence-corrected chi connectivity index (χ0v) is 7.74. The zero-order chi connectivity index (χ0) is 10.8. The number of anilines is 1. The van der Waals surface area contributed by atoms with Gasteiger partial charge in [0, 0.05) is 11.8 Å². The third kappa shape index (κ3) is 1.79. The van der Waals surface area contributed by atoms with Crippen molar-refractivity contribution in [1.82, 2.24) is 4.98 Å². The first kappa shape index (κ1) is 9.58. The Morgan fingerprint density at radius 3 is 2.53 bits per heavy atom. The third-order valence-electron chi connectivity index (χ3n) is 2.03. The van der Waals surface area contributed by atoms with Gasteiger partial charge in [-0.2, -0.15) is 0 Å². The van der Waals surface area contributed by atoms with E-state index >= 15 is 0 Å². The summed E-state index contributed by atoms with van der Waals surface area (Å²) in [5.41, 5.74) is 7.02. The van der Waals surface area contributed by atoms with Gasteiger partial charge < -0.3 is 5.73 Å². The van der Waals surface area contributed by atoms with Gasteiger partial charge in [0.25, 0.3) is 0 Å². The highest BCUT2D eigenvalue weighted by Gasteiger charge is 2.07. The van der Waals surface area contributed by atoms with Gasteiger partial charge in [0.2, 0.25) is 0 Å². The van der Waals surface area contributed by atoms with E-state index in [9.17, 15) is 8.78 Å². The maximum atomic E-state index is 13.0. The summed E-state index contributed by atoms with van der Waals surface area (Å²) in [6.07, 6.45) is 1.55. The number of nitrogen functional groups attached to an aromatic ring is 1. The average molecular weight is 206 g/mol. The van der Waals surface area contributed by atoms with E-state index in [-0.39, 0.29) is 0 Å². The molecule has 0 bridgehead atoms. The molecule has 4 heteroatoms. The van der Waals surface area contributed by atoms with Crippen LogP contribution in [0.3, 0.4) is 0 Å². The minimum Gasteiger partial charge on any atom is -0.397 e. The van der Waals surface area contributed by atoms with Crippen LogP contribution in [0.1, 0.15) is 0 Å². The van der Waals surface area contributed by atoms with E-state index in [0.717, 1.165) is 12.1 Å². The third-order valence-corrected chi connectivity index (χ3v) is 2.03. The average Bonchev–Trinajstić information content (AvgIpc) is 2.23. The number of pyridine rings is 1. The predicted molar refractivity (Wildman–Crippen MR) is 54.0 cm³/mol. The van der Waals surface area contributed by atoms with E-state index in [4.69, 9.17) is 5.73 Å². The molecule has 2 N–H and O–H groups in total. The van der Waals surface area contributed by atoms with Gasteiger partial charge in [-0.3, -0.25) is 4.98 Å². The molecule has 2 rings (SSSR count). The Balaban J connectivity index is 2.55. The molecular weight excluding hydrogens is 198 g/mol. The van der Waals surface area contributed by atoms with Crippen molar-refractivity contribution in [2.45, 2.75) is 0 Å². The van der Waals surface area contributed by atoms with Crippen LogP contribution in [0.5, 0.6) is 0 Å². The van der Waals surface area contributed by atoms with Gasteiger partial charge >= 0.3 is 0 Å². The standard InChI is InChI=1S/C11H8F2N2/c12-8-4-3-7(6-9(8)13)11-10(14)2-1-5-15-11/h1-6H,14H2. The molecule has 0 aliphatic carbocycles. The van der Waals surface area contributed by atoms with E-state index in [1.54, 1.807) is 18.3 Å². The maximum Gasteiger partial charge on any atom is 0.159 e. The number of halogens is 2. The first-order chi connectivity index (χ1) is 7.18. The second-order valence-corrected chi connectivity index (χ2v) is 3.07. The molecule has 1 aromatic carbocycles. The highest BCUT2D eigenvalue weighted by molar-refractivity contribution is 5.71. The molecule has 0 saturated heterocycles. The summed E-state index contributed by atoms with van der Waals surface area (Å²) < 4.78 is 25.6. The lowest BCUT2D eigenvalue weighted by molar-refractivity contribution is 0.509. The van der Waals surface area contributed by atoms with Crippen LogP contribution in [-0.4, -0.2) is 4.98 Å². The van der Waals surface area contributed by atoms with Crippen molar-refractivity contribution in [1.29, 1.82) is 0 Å². The Hall–Kier alpha value is -1.97. The van der Waals surface area contributed by atoms with Crippen molar-refractivity contribution in [3.8, 4) is 11.3 Å². The molecule has 0 spiro atoms. The van der Waals surface area contributed by atoms with Crippen molar-refractivity contribution >= 4 is 5.69 Å². The lowest BCUT2D eigenvalue weighted by Gasteiger charge is -2.04. The number of aromatic nitrogens is 1. The summed E-state index contributed by atoms with van der Waals surface area (Å²) in [5, 5.41) is 0. The number of nitrogens with zero attached hydrogens (tertiary/aromatic N) is 1. The normalized spacial score (nSPS) is 10.3. The number of nitrogens with two attached hydrogens (primary N) is 1. The van der Waals surface area contributed by atoms with Crippen LogP contribution < -0.4 is 5.73 Å². The summed E-state index contributed by atoms with van der Waals surface area (Å²) in [7, 11) is 0. The van der Waals surface area contributed by atoms with Crippen LogP contribution in [0.4, 0.5) is 14.5 Å². The van der Waals surface area contributed by atoms with E-state index in [1.807, 2.05) is 0 Å². The second-order valence-electron chi connectivity index (χ2n) is 3.07. The summed E-state index contributed by atoms with van der Waals surface area (Å²) in [6, 6.07) is 6.91. The molecule has 1 aromatic heterocycles. The maximum absolute atomic E-state index is 13.0. The molecule has 2 aromatic rings. The van der Waals surface area contributed by atoms with Crippen molar-refractivity contribution < 1.29 is 8.78 Å². The number of rotatable bonds is 1. The van der Waals surface area contributed by atoms with Crippen LogP contribution in [-0.2, 0) is 0 Å². The summed E-state index contributed by atoms with van der Waals surface area (Å²) in [6.45, 7) is 0. The molecule has 0 amide bonds. The molecule has 15 heavy (non-hydrogen) atoms. The topological polar surface area (TPSA) is 38.9 Å². The molecule has 0 aliphatic rings. The van der Waals surface area contributed by atoms with Crippen molar-refractivity contribution in [3.63, 3.8) is 0 Å². The molecule has 2 nitrogen and oxygen atoms in total. The van der Waals surface area contributed by atoms with E-state index in [2.05, 4.69) is 4.98 Å². The molecule has 0 fully saturated rings. The molecular formula is C11H8F2N2. The van der Waals surface area contributed by atoms with Gasteiger partial charge in [0.15, 0.2) is 11.6 Å². The number of hydrogen-bond acceptors (Lipinski definition) is 2. The molecule has 76 valence electrons. The summed E-state index contributed by atoms with van der Waals surface area (Å²) >= 11 is 0. The summed E-state index contributed by atoms with van der Waals surface area (Å²) in [5.74, 6) is -1.79. The Kier molecular flexibility index (Phi) is 2.33. The number of benzene rings is 1. The monoisotopic (exact) mass is 206 g/mol. The minimum absolute atomic E-state index is 0.434. The van der Waals surface area contributed by atoms with E-state index in [1.165, 1.54) is 6.07 Å². The van der Waals surface area contributed by atoms with Crippen LogP contribution in [0, 0.1) is 11.6 Å². The zero-order valence-electron chi connectivity index (χ0n) is 7.74. The molecule has 1 heterocycles. The van der Waals surface area contributed by atoms with Crippen molar-refractivity contribution in [2.75, 3.05) is 5.73 Å². The van der Waals surface area contributed by atoms with E-state index in [0.29, 0.717) is 16.9 Å². The van der Waals surface area contributed by atoms with Gasteiger partial charge in [0.05, 0.1) is 11.4 Å². The van der Waals surface area contributed by atoms with Crippen LogP contribution in [0.2, 0.25) is 0 Å². The van der Waals surface area contributed by atoms with Crippen molar-refractivity contribution in [2.24, 2.45) is 0 Å². The number of hydrogen-bond donors (Lipinski definition) is 1. The molecule has 0 unspecified atom stereocenters. The minimum atomic E-state index is -0.905. The fourth-order valence-electron chi connectivity index (χ4n) is 1.30. The first-order valence-corrected chi connectivity index (χ1v) is 4.34. The molecule has 0 aliphatic heterocycles. The largest absolute Gasteiger partial charge is 0.397 e. The lowest BCUT2D eigenvalue weighted by Crippen LogP contribution is -1.93. The fraction of sp³-hybridized carbons (Fsp3) is 0. The highest BCUT2D eigenvalue weighted by Crippen LogP contribution is 2.24. The lowest BCUT2D eigenvalue weighted by atomic mass is 10.1. The second kappa shape index (κ2) is 3.65. The quantitative estimate of drug-likeness (QED) is 0.778. The Morgan fingerprint density at radius 1 is 1.07 bits per heavy atom. The first-order valence-electron chi connectivity index (χ1n) is 4.34. The smallest absolute Gasteiger partial charge is 0.159 e. The Bertz CT molecular complexity index is 498. The summed E-state index contributed by atoms with van der Waals surface area (Å²) in [4.78, 5) is 4.01. The molecule has 0 saturated carbocycles. The Labute approximate surface area is 85.4 Å². The van der Waals surface area contributed by atoms with Gasteiger partial charge in [0.1, 0.15) is 0 Å². The Morgan fingerprint density at radius 2 is 1.87 bits per heavy atom. The van der Waals surface area contributed by atoms with Crippen molar-refractivity contribution in [3.05, 3.63) is 48.2 Å². The SMILES string of the molecule is Nc1cccnc1-c1ccc(F)c(F)c1.